The molecule has 0 bridgehead atoms. The van der Waals surface area contributed by atoms with Gasteiger partial charge in [0.1, 0.15) is 5.82 Å². The van der Waals surface area contributed by atoms with Crippen LogP contribution in [0.3, 0.4) is 0 Å². The lowest BCUT2D eigenvalue weighted by Gasteiger charge is -2.32. The lowest BCUT2D eigenvalue weighted by atomic mass is 9.77. The third kappa shape index (κ3) is 1.97. The van der Waals surface area contributed by atoms with Crippen LogP contribution >= 0.6 is 0 Å². The van der Waals surface area contributed by atoms with E-state index < -0.39 is 0 Å². The van der Waals surface area contributed by atoms with Crippen molar-refractivity contribution in [2.75, 3.05) is 0 Å². The number of nitrogens with two attached hydrogens (primary N) is 1. The van der Waals surface area contributed by atoms with Crippen molar-refractivity contribution in [3.63, 3.8) is 0 Å². The zero-order chi connectivity index (χ0) is 11.8. The third-order valence-electron chi connectivity index (χ3n) is 4.04. The minimum Gasteiger partial charge on any atom is -0.326 e. The molecule has 1 heterocycles. The maximum atomic E-state index is 13.2. The molecule has 2 aliphatic rings. The second-order valence-corrected chi connectivity index (χ2v) is 5.11. The van der Waals surface area contributed by atoms with Crippen molar-refractivity contribution in [1.29, 1.82) is 0 Å². The standard InChI is InChI=1S/C13H18FN3/c14-9-4-1-3-8(7-9)12-10-5-2-6-11(15)13(10)17-16-12/h1,3-4,7,10-13,16-17H,2,5-6,15H2. The molecular formula is C13H18FN3. The van der Waals surface area contributed by atoms with Crippen molar-refractivity contribution in [3.8, 4) is 0 Å². The highest BCUT2D eigenvalue weighted by atomic mass is 19.1. The van der Waals surface area contributed by atoms with Gasteiger partial charge in [0.2, 0.25) is 0 Å². The second kappa shape index (κ2) is 4.37. The Morgan fingerprint density at radius 1 is 1.24 bits per heavy atom. The Labute approximate surface area is 101 Å². The van der Waals surface area contributed by atoms with Crippen LogP contribution in [0, 0.1) is 11.7 Å². The monoisotopic (exact) mass is 235 g/mol. The number of hydrogen-bond donors (Lipinski definition) is 3. The molecule has 4 heteroatoms. The van der Waals surface area contributed by atoms with Crippen LogP contribution in [0.5, 0.6) is 0 Å². The Hall–Kier alpha value is -0.970. The molecule has 0 spiro atoms. The molecule has 2 fully saturated rings. The molecule has 1 saturated carbocycles. The van der Waals surface area contributed by atoms with Gasteiger partial charge in [0.25, 0.3) is 0 Å². The van der Waals surface area contributed by atoms with Crippen LogP contribution in [0.2, 0.25) is 0 Å². The molecule has 1 saturated heterocycles. The molecule has 4 N–H and O–H groups in total. The van der Waals surface area contributed by atoms with E-state index in [1.54, 1.807) is 12.1 Å². The predicted octanol–water partition coefficient (Wildman–Crippen LogP) is 1.47. The van der Waals surface area contributed by atoms with Gasteiger partial charge in [-0.25, -0.2) is 9.82 Å². The molecule has 1 aromatic carbocycles. The quantitative estimate of drug-likeness (QED) is 0.691. The van der Waals surface area contributed by atoms with Gasteiger partial charge in [-0.1, -0.05) is 18.6 Å². The van der Waals surface area contributed by atoms with Crippen LogP contribution in [-0.4, -0.2) is 12.1 Å². The fourth-order valence-corrected chi connectivity index (χ4v) is 3.18. The maximum Gasteiger partial charge on any atom is 0.123 e. The summed E-state index contributed by atoms with van der Waals surface area (Å²) in [6.07, 6.45) is 3.39. The highest BCUT2D eigenvalue weighted by molar-refractivity contribution is 5.23. The van der Waals surface area contributed by atoms with Gasteiger partial charge in [-0.15, -0.1) is 0 Å². The highest BCUT2D eigenvalue weighted by Gasteiger charge is 2.41. The van der Waals surface area contributed by atoms with Crippen LogP contribution < -0.4 is 16.6 Å². The van der Waals surface area contributed by atoms with Crippen molar-refractivity contribution in [1.82, 2.24) is 10.9 Å². The van der Waals surface area contributed by atoms with E-state index in [4.69, 9.17) is 5.73 Å². The number of hydrazine groups is 1. The number of rotatable bonds is 1. The third-order valence-corrected chi connectivity index (χ3v) is 4.04. The largest absolute Gasteiger partial charge is 0.326 e. The number of fused-ring (bicyclic) bond motifs is 1. The molecule has 1 aromatic rings. The zero-order valence-corrected chi connectivity index (χ0v) is 9.70. The van der Waals surface area contributed by atoms with E-state index in [-0.39, 0.29) is 17.9 Å². The molecule has 92 valence electrons. The van der Waals surface area contributed by atoms with Crippen LogP contribution in [-0.2, 0) is 0 Å². The fraction of sp³-hybridized carbons (Fsp3) is 0.538. The minimum atomic E-state index is -0.173. The SMILES string of the molecule is NC1CCCC2C(c3cccc(F)c3)NNC12. The fourth-order valence-electron chi connectivity index (χ4n) is 3.18. The van der Waals surface area contributed by atoms with Gasteiger partial charge in [0.05, 0.1) is 6.04 Å². The summed E-state index contributed by atoms with van der Waals surface area (Å²) in [7, 11) is 0. The van der Waals surface area contributed by atoms with E-state index in [0.717, 1.165) is 24.8 Å². The molecule has 3 rings (SSSR count). The van der Waals surface area contributed by atoms with Crippen molar-refractivity contribution in [2.24, 2.45) is 11.7 Å². The van der Waals surface area contributed by atoms with Crippen molar-refractivity contribution >= 4 is 0 Å². The summed E-state index contributed by atoms with van der Waals surface area (Å²) in [6.45, 7) is 0. The summed E-state index contributed by atoms with van der Waals surface area (Å²) in [5.74, 6) is 0.299. The van der Waals surface area contributed by atoms with E-state index in [1.165, 1.54) is 6.07 Å². The average Bonchev–Trinajstić information content (AvgIpc) is 2.74. The van der Waals surface area contributed by atoms with Gasteiger partial charge in [0.15, 0.2) is 0 Å². The van der Waals surface area contributed by atoms with Crippen LogP contribution in [0.1, 0.15) is 30.9 Å². The van der Waals surface area contributed by atoms with Gasteiger partial charge < -0.3 is 5.73 Å². The van der Waals surface area contributed by atoms with E-state index in [0.29, 0.717) is 12.0 Å². The summed E-state index contributed by atoms with van der Waals surface area (Å²) in [5, 5.41) is 0. The molecule has 1 aliphatic heterocycles. The van der Waals surface area contributed by atoms with Crippen LogP contribution in [0.25, 0.3) is 0 Å². The smallest absolute Gasteiger partial charge is 0.123 e. The predicted molar refractivity (Wildman–Crippen MR) is 64.5 cm³/mol. The first-order valence-corrected chi connectivity index (χ1v) is 6.28. The lowest BCUT2D eigenvalue weighted by Crippen LogP contribution is -2.48. The second-order valence-electron chi connectivity index (χ2n) is 5.11. The summed E-state index contributed by atoms with van der Waals surface area (Å²) in [5.41, 5.74) is 13.7. The Morgan fingerprint density at radius 2 is 2.12 bits per heavy atom. The molecular weight excluding hydrogens is 217 g/mol. The summed E-state index contributed by atoms with van der Waals surface area (Å²) in [4.78, 5) is 0. The highest BCUT2D eigenvalue weighted by Crippen LogP contribution is 2.37. The van der Waals surface area contributed by atoms with Crippen molar-refractivity contribution in [2.45, 2.75) is 37.4 Å². The van der Waals surface area contributed by atoms with Crippen LogP contribution in [0.15, 0.2) is 24.3 Å². The number of nitrogens with one attached hydrogen (secondary N) is 2. The van der Waals surface area contributed by atoms with E-state index in [2.05, 4.69) is 10.9 Å². The molecule has 0 aromatic heterocycles. The Bertz CT molecular complexity index is 409. The Kier molecular flexibility index (Phi) is 2.86. The van der Waals surface area contributed by atoms with E-state index in [9.17, 15) is 4.39 Å². The first-order valence-electron chi connectivity index (χ1n) is 6.28. The normalized spacial score (nSPS) is 36.8. The molecule has 4 unspecified atom stereocenters. The minimum absolute atomic E-state index is 0.173. The van der Waals surface area contributed by atoms with Crippen molar-refractivity contribution in [3.05, 3.63) is 35.6 Å². The number of hydrogen-bond acceptors (Lipinski definition) is 3. The van der Waals surface area contributed by atoms with Crippen molar-refractivity contribution < 1.29 is 4.39 Å². The van der Waals surface area contributed by atoms with Crippen LogP contribution in [0.4, 0.5) is 4.39 Å². The number of benzene rings is 1. The summed E-state index contributed by atoms with van der Waals surface area (Å²) in [6, 6.07) is 7.55. The van der Waals surface area contributed by atoms with E-state index in [1.807, 2.05) is 6.07 Å². The molecule has 3 nitrogen and oxygen atoms in total. The zero-order valence-electron chi connectivity index (χ0n) is 9.70. The van der Waals surface area contributed by atoms with Gasteiger partial charge >= 0.3 is 0 Å². The van der Waals surface area contributed by atoms with Gasteiger partial charge in [-0.3, -0.25) is 5.43 Å². The Balaban J connectivity index is 1.85. The summed E-state index contributed by atoms with van der Waals surface area (Å²) >= 11 is 0. The first-order chi connectivity index (χ1) is 8.25. The topological polar surface area (TPSA) is 50.1 Å². The first kappa shape index (κ1) is 11.1. The van der Waals surface area contributed by atoms with E-state index >= 15 is 0 Å². The lowest BCUT2D eigenvalue weighted by molar-refractivity contribution is 0.273. The Morgan fingerprint density at radius 3 is 2.94 bits per heavy atom. The maximum absolute atomic E-state index is 13.2. The molecule has 17 heavy (non-hydrogen) atoms. The molecule has 0 radical (unpaired) electrons. The number of halogens is 1. The average molecular weight is 235 g/mol. The van der Waals surface area contributed by atoms with Gasteiger partial charge in [-0.2, -0.15) is 0 Å². The molecule has 4 atom stereocenters. The van der Waals surface area contributed by atoms with Gasteiger partial charge in [-0.05, 0) is 36.5 Å². The van der Waals surface area contributed by atoms with Gasteiger partial charge in [0, 0.05) is 12.1 Å². The molecule has 0 amide bonds. The molecule has 1 aliphatic carbocycles. The summed E-state index contributed by atoms with van der Waals surface area (Å²) < 4.78 is 13.2.